The molecule has 2 rings (SSSR count). The van der Waals surface area contributed by atoms with Gasteiger partial charge in [-0.1, -0.05) is 20.3 Å². The third-order valence-electron chi connectivity index (χ3n) is 3.74. The number of carboxylic acid groups (broad SMARTS) is 1. The zero-order valence-electron chi connectivity index (χ0n) is 11.2. The highest BCUT2D eigenvalue weighted by Crippen LogP contribution is 2.18. The summed E-state index contributed by atoms with van der Waals surface area (Å²) in [6, 6.07) is -0.852. The molecule has 0 saturated carbocycles. The molecule has 0 radical (unpaired) electrons. The molecule has 0 bridgehead atoms. The molecule has 1 aliphatic heterocycles. The topological polar surface area (TPSA) is 84.2 Å². The maximum Gasteiger partial charge on any atom is 0.326 e. The maximum atomic E-state index is 12.2. The molecule has 2 N–H and O–H groups in total. The summed E-state index contributed by atoms with van der Waals surface area (Å²) in [7, 11) is 0. The van der Waals surface area contributed by atoms with Crippen molar-refractivity contribution in [3.8, 4) is 0 Å². The van der Waals surface area contributed by atoms with Crippen LogP contribution in [0, 0.1) is 5.92 Å². The highest BCUT2D eigenvalue weighted by atomic mass is 16.4. The van der Waals surface area contributed by atoms with E-state index in [9.17, 15) is 14.7 Å². The standard InChI is InChI=1S/C13H19N3O3/c1-3-8(2)11(13(18)19)15-12(17)9-7-14-16-6-4-5-10(9)16/h7-8,11H,3-6H2,1-2H3,(H,15,17)(H,18,19)/t8-,11-/m0/s1. The van der Waals surface area contributed by atoms with Crippen molar-refractivity contribution < 1.29 is 14.7 Å². The van der Waals surface area contributed by atoms with Crippen molar-refractivity contribution in [3.05, 3.63) is 17.5 Å². The number of rotatable bonds is 5. The van der Waals surface area contributed by atoms with Gasteiger partial charge in [-0.3, -0.25) is 9.48 Å². The van der Waals surface area contributed by atoms with Crippen LogP contribution in [0.2, 0.25) is 0 Å². The van der Waals surface area contributed by atoms with E-state index in [4.69, 9.17) is 0 Å². The van der Waals surface area contributed by atoms with Crippen LogP contribution < -0.4 is 5.32 Å². The van der Waals surface area contributed by atoms with Crippen LogP contribution in [0.3, 0.4) is 0 Å². The van der Waals surface area contributed by atoms with Gasteiger partial charge in [0.2, 0.25) is 0 Å². The molecule has 0 saturated heterocycles. The molecule has 1 aliphatic rings. The molecule has 6 nitrogen and oxygen atoms in total. The van der Waals surface area contributed by atoms with E-state index in [0.29, 0.717) is 12.0 Å². The molecule has 0 aliphatic carbocycles. The number of nitrogens with zero attached hydrogens (tertiary/aromatic N) is 2. The first-order valence-electron chi connectivity index (χ1n) is 6.63. The number of amides is 1. The second kappa shape index (κ2) is 5.42. The quantitative estimate of drug-likeness (QED) is 0.833. The van der Waals surface area contributed by atoms with Crippen molar-refractivity contribution in [2.24, 2.45) is 5.92 Å². The first kappa shape index (κ1) is 13.6. The molecule has 0 fully saturated rings. The number of hydrogen-bond donors (Lipinski definition) is 2. The minimum Gasteiger partial charge on any atom is -0.480 e. The second-order valence-electron chi connectivity index (χ2n) is 5.01. The third-order valence-corrected chi connectivity index (χ3v) is 3.74. The van der Waals surface area contributed by atoms with Gasteiger partial charge in [0.15, 0.2) is 0 Å². The number of aliphatic carboxylic acids is 1. The summed E-state index contributed by atoms with van der Waals surface area (Å²) in [6.45, 7) is 4.56. The Bertz CT molecular complexity index is 495. The second-order valence-corrected chi connectivity index (χ2v) is 5.01. The fraction of sp³-hybridized carbons (Fsp3) is 0.615. The lowest BCUT2D eigenvalue weighted by Crippen LogP contribution is -2.45. The van der Waals surface area contributed by atoms with Crippen LogP contribution in [0.4, 0.5) is 0 Å². The van der Waals surface area contributed by atoms with E-state index in [1.807, 2.05) is 18.5 Å². The Morgan fingerprint density at radius 3 is 2.95 bits per heavy atom. The van der Waals surface area contributed by atoms with Crippen LogP contribution in [0.1, 0.15) is 42.7 Å². The Balaban J connectivity index is 2.13. The van der Waals surface area contributed by atoms with Crippen LogP contribution in [0.5, 0.6) is 0 Å². The summed E-state index contributed by atoms with van der Waals surface area (Å²) >= 11 is 0. The van der Waals surface area contributed by atoms with Crippen LogP contribution in [0.25, 0.3) is 0 Å². The van der Waals surface area contributed by atoms with Gasteiger partial charge in [-0.15, -0.1) is 0 Å². The third kappa shape index (κ3) is 2.62. The number of nitrogens with one attached hydrogen (secondary N) is 1. The number of carboxylic acids is 1. The van der Waals surface area contributed by atoms with Gasteiger partial charge in [-0.05, 0) is 18.8 Å². The van der Waals surface area contributed by atoms with Crippen molar-refractivity contribution in [1.29, 1.82) is 0 Å². The van der Waals surface area contributed by atoms with E-state index in [-0.39, 0.29) is 11.8 Å². The Kier molecular flexibility index (Phi) is 3.87. The fourth-order valence-electron chi connectivity index (χ4n) is 2.36. The molecule has 1 amide bonds. The molecule has 104 valence electrons. The van der Waals surface area contributed by atoms with Crippen LogP contribution in [-0.2, 0) is 17.8 Å². The van der Waals surface area contributed by atoms with E-state index in [1.165, 1.54) is 6.20 Å². The summed E-state index contributed by atoms with van der Waals surface area (Å²) < 4.78 is 1.81. The predicted molar refractivity (Wildman–Crippen MR) is 68.9 cm³/mol. The van der Waals surface area contributed by atoms with E-state index >= 15 is 0 Å². The van der Waals surface area contributed by atoms with E-state index in [2.05, 4.69) is 10.4 Å². The van der Waals surface area contributed by atoms with Crippen LogP contribution in [0.15, 0.2) is 6.20 Å². The number of fused-ring (bicyclic) bond motifs is 1. The predicted octanol–water partition coefficient (Wildman–Crippen LogP) is 1.06. The minimum atomic E-state index is -0.994. The average molecular weight is 265 g/mol. The van der Waals surface area contributed by atoms with E-state index < -0.39 is 12.0 Å². The minimum absolute atomic E-state index is 0.106. The lowest BCUT2D eigenvalue weighted by atomic mass is 9.99. The Hall–Kier alpha value is -1.85. The molecule has 6 heteroatoms. The summed E-state index contributed by atoms with van der Waals surface area (Å²) in [4.78, 5) is 23.4. The van der Waals surface area contributed by atoms with Crippen molar-refractivity contribution in [3.63, 3.8) is 0 Å². The number of carbonyl (C=O) groups is 2. The number of aryl methyl sites for hydroxylation is 1. The summed E-state index contributed by atoms with van der Waals surface area (Å²) in [5.74, 6) is -1.44. The molecule has 1 aromatic heterocycles. The summed E-state index contributed by atoms with van der Waals surface area (Å²) in [6.07, 6.45) is 4.03. The smallest absolute Gasteiger partial charge is 0.326 e. The summed E-state index contributed by atoms with van der Waals surface area (Å²) in [5.41, 5.74) is 1.41. The number of carbonyl (C=O) groups excluding carboxylic acids is 1. The van der Waals surface area contributed by atoms with Crippen molar-refractivity contribution in [2.45, 2.75) is 45.7 Å². The normalized spacial score (nSPS) is 16.7. The Morgan fingerprint density at radius 2 is 2.32 bits per heavy atom. The largest absolute Gasteiger partial charge is 0.480 e. The van der Waals surface area contributed by atoms with Gasteiger partial charge in [0.1, 0.15) is 6.04 Å². The van der Waals surface area contributed by atoms with Crippen molar-refractivity contribution in [1.82, 2.24) is 15.1 Å². The van der Waals surface area contributed by atoms with Gasteiger partial charge in [-0.25, -0.2) is 4.79 Å². The lowest BCUT2D eigenvalue weighted by molar-refractivity contribution is -0.140. The van der Waals surface area contributed by atoms with E-state index in [0.717, 1.165) is 25.1 Å². The zero-order chi connectivity index (χ0) is 14.0. The lowest BCUT2D eigenvalue weighted by Gasteiger charge is -2.19. The molecule has 19 heavy (non-hydrogen) atoms. The molecule has 2 heterocycles. The molecule has 2 atom stereocenters. The average Bonchev–Trinajstić information content (AvgIpc) is 2.96. The van der Waals surface area contributed by atoms with Crippen molar-refractivity contribution in [2.75, 3.05) is 0 Å². The van der Waals surface area contributed by atoms with Gasteiger partial charge in [0.25, 0.3) is 5.91 Å². The van der Waals surface area contributed by atoms with Crippen LogP contribution in [-0.4, -0.2) is 32.8 Å². The number of aromatic nitrogens is 2. The van der Waals surface area contributed by atoms with Gasteiger partial charge >= 0.3 is 5.97 Å². The SMILES string of the molecule is CC[C@H](C)[C@H](NC(=O)c1cnn2c1CCC2)C(=O)O. The van der Waals surface area contributed by atoms with Gasteiger partial charge in [0.05, 0.1) is 17.5 Å². The molecule has 1 aromatic rings. The summed E-state index contributed by atoms with van der Waals surface area (Å²) in [5, 5.41) is 15.9. The molecule has 0 unspecified atom stereocenters. The first-order chi connectivity index (χ1) is 9.04. The number of hydrogen-bond acceptors (Lipinski definition) is 3. The van der Waals surface area contributed by atoms with Crippen molar-refractivity contribution >= 4 is 11.9 Å². The molecular formula is C13H19N3O3. The maximum absolute atomic E-state index is 12.2. The van der Waals surface area contributed by atoms with E-state index in [1.54, 1.807) is 0 Å². The van der Waals surface area contributed by atoms with Gasteiger partial charge in [-0.2, -0.15) is 5.10 Å². The molecule has 0 aromatic carbocycles. The molecular weight excluding hydrogens is 246 g/mol. The Morgan fingerprint density at radius 1 is 1.58 bits per heavy atom. The highest BCUT2D eigenvalue weighted by Gasteiger charge is 2.28. The Labute approximate surface area is 111 Å². The fourth-order valence-corrected chi connectivity index (χ4v) is 2.36. The monoisotopic (exact) mass is 265 g/mol. The zero-order valence-corrected chi connectivity index (χ0v) is 11.2. The highest BCUT2D eigenvalue weighted by molar-refractivity contribution is 5.97. The van der Waals surface area contributed by atoms with Gasteiger partial charge < -0.3 is 10.4 Å². The van der Waals surface area contributed by atoms with Gasteiger partial charge in [0, 0.05) is 6.54 Å². The van der Waals surface area contributed by atoms with Crippen LogP contribution >= 0.6 is 0 Å². The molecule has 0 spiro atoms. The first-order valence-corrected chi connectivity index (χ1v) is 6.63.